The van der Waals surface area contributed by atoms with Gasteiger partial charge in [-0.3, -0.25) is 4.79 Å². The van der Waals surface area contributed by atoms with Crippen molar-refractivity contribution in [2.75, 3.05) is 7.05 Å². The molecule has 1 atom stereocenters. The van der Waals surface area contributed by atoms with E-state index in [0.29, 0.717) is 5.92 Å². The van der Waals surface area contributed by atoms with Crippen molar-refractivity contribution >= 4 is 5.91 Å². The van der Waals surface area contributed by atoms with Gasteiger partial charge in [0.15, 0.2) is 0 Å². The molecule has 0 heterocycles. The minimum atomic E-state index is -0.0495. The topological polar surface area (TPSA) is 29.1 Å². The number of hydrogen-bond donors (Lipinski definition) is 1. The molecule has 0 radical (unpaired) electrons. The highest BCUT2D eigenvalue weighted by Crippen LogP contribution is 2.16. The zero-order valence-corrected chi connectivity index (χ0v) is 11.4. The average Bonchev–Trinajstić information content (AvgIpc) is 2.26. The van der Waals surface area contributed by atoms with Crippen molar-refractivity contribution in [1.82, 2.24) is 5.32 Å². The summed E-state index contributed by atoms with van der Waals surface area (Å²) in [7, 11) is 1.67. The van der Waals surface area contributed by atoms with E-state index in [1.807, 2.05) is 13.8 Å². The predicted molar refractivity (Wildman–Crippen MR) is 70.2 cm³/mol. The van der Waals surface area contributed by atoms with Crippen molar-refractivity contribution < 1.29 is 4.79 Å². The van der Waals surface area contributed by atoms with Crippen LogP contribution in [0.5, 0.6) is 0 Å². The summed E-state index contributed by atoms with van der Waals surface area (Å²) in [5, 5.41) is 2.67. The van der Waals surface area contributed by atoms with Gasteiger partial charge in [0.05, 0.1) is 5.92 Å². The highest BCUT2D eigenvalue weighted by Gasteiger charge is 2.11. The second-order valence-electron chi connectivity index (χ2n) is 4.50. The van der Waals surface area contributed by atoms with E-state index < -0.39 is 0 Å². The van der Waals surface area contributed by atoms with Gasteiger partial charge < -0.3 is 5.32 Å². The van der Waals surface area contributed by atoms with E-state index in [4.69, 9.17) is 0 Å². The van der Waals surface area contributed by atoms with E-state index in [0.717, 1.165) is 12.0 Å². The fraction of sp³-hybridized carbons (Fsp3) is 0.643. The Morgan fingerprint density at radius 1 is 1.25 bits per heavy atom. The molecule has 0 saturated carbocycles. The van der Waals surface area contributed by atoms with Crippen LogP contribution in [0.15, 0.2) is 23.3 Å². The first-order chi connectivity index (χ1) is 7.43. The zero-order chi connectivity index (χ0) is 12.7. The standard InChI is InChI=1S/C14H25NO/c1-7-13(10(2)3)9-8-11(4)12(5)14(16)15-6/h8-10,12H,7H2,1-6H3,(H,15,16)/b11-8+,13-9+. The summed E-state index contributed by atoms with van der Waals surface area (Å²) in [6.45, 7) is 10.5. The van der Waals surface area contributed by atoms with E-state index in [-0.39, 0.29) is 11.8 Å². The van der Waals surface area contributed by atoms with Crippen molar-refractivity contribution in [2.45, 2.75) is 41.0 Å². The van der Waals surface area contributed by atoms with Crippen LogP contribution in [0.2, 0.25) is 0 Å². The molecule has 0 aromatic heterocycles. The summed E-state index contributed by atoms with van der Waals surface area (Å²) in [6, 6.07) is 0. The van der Waals surface area contributed by atoms with Gasteiger partial charge in [-0.1, -0.05) is 44.1 Å². The van der Waals surface area contributed by atoms with Crippen molar-refractivity contribution in [3.05, 3.63) is 23.3 Å². The van der Waals surface area contributed by atoms with Crippen LogP contribution < -0.4 is 5.32 Å². The van der Waals surface area contributed by atoms with Gasteiger partial charge in [-0.05, 0) is 26.2 Å². The minimum Gasteiger partial charge on any atom is -0.359 e. The summed E-state index contributed by atoms with van der Waals surface area (Å²) in [6.07, 6.45) is 5.29. The van der Waals surface area contributed by atoms with Crippen LogP contribution in [-0.2, 0) is 4.79 Å². The maximum absolute atomic E-state index is 11.4. The Hall–Kier alpha value is -1.05. The van der Waals surface area contributed by atoms with E-state index in [9.17, 15) is 4.79 Å². The molecule has 0 rings (SSSR count). The maximum Gasteiger partial charge on any atom is 0.226 e. The van der Waals surface area contributed by atoms with Crippen molar-refractivity contribution in [3.8, 4) is 0 Å². The lowest BCUT2D eigenvalue weighted by molar-refractivity contribution is -0.122. The van der Waals surface area contributed by atoms with Crippen LogP contribution >= 0.6 is 0 Å². The van der Waals surface area contributed by atoms with E-state index >= 15 is 0 Å². The molecule has 16 heavy (non-hydrogen) atoms. The van der Waals surface area contributed by atoms with Gasteiger partial charge in [0.2, 0.25) is 5.91 Å². The first kappa shape index (κ1) is 14.9. The molecule has 2 nitrogen and oxygen atoms in total. The van der Waals surface area contributed by atoms with E-state index in [2.05, 4.69) is 38.2 Å². The summed E-state index contributed by atoms with van der Waals surface area (Å²) < 4.78 is 0. The minimum absolute atomic E-state index is 0.0495. The van der Waals surface area contributed by atoms with Gasteiger partial charge in [0.25, 0.3) is 0 Å². The van der Waals surface area contributed by atoms with Crippen LogP contribution in [0.25, 0.3) is 0 Å². The molecule has 1 N–H and O–H groups in total. The number of hydrogen-bond acceptors (Lipinski definition) is 1. The molecule has 1 unspecified atom stereocenters. The van der Waals surface area contributed by atoms with Crippen LogP contribution in [0.1, 0.15) is 41.0 Å². The number of allylic oxidation sites excluding steroid dienone is 3. The van der Waals surface area contributed by atoms with Crippen LogP contribution in [-0.4, -0.2) is 13.0 Å². The van der Waals surface area contributed by atoms with Crippen LogP contribution in [0, 0.1) is 11.8 Å². The maximum atomic E-state index is 11.4. The molecule has 0 saturated heterocycles. The molecule has 0 bridgehead atoms. The average molecular weight is 223 g/mol. The highest BCUT2D eigenvalue weighted by atomic mass is 16.1. The van der Waals surface area contributed by atoms with Crippen LogP contribution in [0.4, 0.5) is 0 Å². The number of carbonyl (C=O) groups excluding carboxylic acids is 1. The quantitative estimate of drug-likeness (QED) is 0.712. The van der Waals surface area contributed by atoms with E-state index in [1.165, 1.54) is 5.57 Å². The Bertz CT molecular complexity index is 287. The lowest BCUT2D eigenvalue weighted by Gasteiger charge is -2.11. The van der Waals surface area contributed by atoms with Gasteiger partial charge >= 0.3 is 0 Å². The summed E-state index contributed by atoms with van der Waals surface area (Å²) >= 11 is 0. The monoisotopic (exact) mass is 223 g/mol. The van der Waals surface area contributed by atoms with Crippen molar-refractivity contribution in [3.63, 3.8) is 0 Å². The largest absolute Gasteiger partial charge is 0.359 e. The van der Waals surface area contributed by atoms with E-state index in [1.54, 1.807) is 7.05 Å². The Labute approximate surface area is 99.8 Å². The molecule has 0 aromatic rings. The molecule has 0 aliphatic carbocycles. The Morgan fingerprint density at radius 3 is 2.19 bits per heavy atom. The zero-order valence-electron chi connectivity index (χ0n) is 11.4. The number of nitrogens with one attached hydrogen (secondary N) is 1. The molecule has 0 aliphatic heterocycles. The number of rotatable bonds is 5. The first-order valence-corrected chi connectivity index (χ1v) is 6.02. The highest BCUT2D eigenvalue weighted by molar-refractivity contribution is 5.80. The molecular formula is C14H25NO. The molecule has 92 valence electrons. The summed E-state index contributed by atoms with van der Waals surface area (Å²) in [5.41, 5.74) is 2.52. The molecule has 0 aromatic carbocycles. The summed E-state index contributed by atoms with van der Waals surface area (Å²) in [5.74, 6) is 0.598. The lowest BCUT2D eigenvalue weighted by atomic mass is 9.97. The normalized spacial score (nSPS) is 15.2. The molecule has 2 heteroatoms. The van der Waals surface area contributed by atoms with Crippen LogP contribution in [0.3, 0.4) is 0 Å². The lowest BCUT2D eigenvalue weighted by Crippen LogP contribution is -2.25. The number of carbonyl (C=O) groups is 1. The van der Waals surface area contributed by atoms with Gasteiger partial charge in [0.1, 0.15) is 0 Å². The molecule has 0 aliphatic rings. The summed E-state index contributed by atoms with van der Waals surface area (Å²) in [4.78, 5) is 11.4. The third kappa shape index (κ3) is 4.65. The Morgan fingerprint density at radius 2 is 1.81 bits per heavy atom. The second-order valence-corrected chi connectivity index (χ2v) is 4.50. The molecule has 1 amide bonds. The van der Waals surface area contributed by atoms with Crippen molar-refractivity contribution in [2.24, 2.45) is 11.8 Å². The smallest absolute Gasteiger partial charge is 0.226 e. The Balaban J connectivity index is 4.71. The number of amides is 1. The van der Waals surface area contributed by atoms with Gasteiger partial charge in [-0.15, -0.1) is 0 Å². The molecular weight excluding hydrogens is 198 g/mol. The Kier molecular flexibility index (Phi) is 6.78. The predicted octanol–water partition coefficient (Wildman–Crippen LogP) is 3.31. The van der Waals surface area contributed by atoms with Crippen molar-refractivity contribution in [1.29, 1.82) is 0 Å². The second kappa shape index (κ2) is 7.26. The van der Waals surface area contributed by atoms with Gasteiger partial charge in [-0.2, -0.15) is 0 Å². The fourth-order valence-corrected chi connectivity index (χ4v) is 1.52. The fourth-order valence-electron chi connectivity index (χ4n) is 1.52. The first-order valence-electron chi connectivity index (χ1n) is 6.02. The van der Waals surface area contributed by atoms with Gasteiger partial charge in [0, 0.05) is 7.05 Å². The third-order valence-electron chi connectivity index (χ3n) is 3.03. The third-order valence-corrected chi connectivity index (χ3v) is 3.03. The van der Waals surface area contributed by atoms with Gasteiger partial charge in [-0.25, -0.2) is 0 Å². The molecule has 0 fully saturated rings. The SMILES string of the molecule is CC/C(=C\C=C(/C)C(C)C(=O)NC)C(C)C. The molecule has 0 spiro atoms.